The number of aromatic carboxylic acids is 1. The van der Waals surface area contributed by atoms with Crippen molar-refractivity contribution in [1.29, 1.82) is 0 Å². The first-order chi connectivity index (χ1) is 9.96. The molecule has 5 heteroatoms. The second kappa shape index (κ2) is 6.08. The Labute approximate surface area is 122 Å². The molecule has 4 nitrogen and oxygen atoms in total. The first-order valence-corrected chi connectivity index (χ1v) is 6.92. The normalized spacial score (nSPS) is 16.4. The summed E-state index contributed by atoms with van der Waals surface area (Å²) in [5.41, 5.74) is -0.291. The van der Waals surface area contributed by atoms with Gasteiger partial charge in [0.2, 0.25) is 5.91 Å². The first-order valence-electron chi connectivity index (χ1n) is 6.92. The van der Waals surface area contributed by atoms with Gasteiger partial charge in [-0.05, 0) is 30.5 Å². The Morgan fingerprint density at radius 1 is 1.38 bits per heavy atom. The summed E-state index contributed by atoms with van der Waals surface area (Å²) < 4.78 is 13.6. The summed E-state index contributed by atoms with van der Waals surface area (Å²) in [6.45, 7) is 3.78. The highest BCUT2D eigenvalue weighted by molar-refractivity contribution is 5.88. The summed E-state index contributed by atoms with van der Waals surface area (Å²) in [4.78, 5) is 22.8. The van der Waals surface area contributed by atoms with Crippen molar-refractivity contribution in [3.63, 3.8) is 0 Å². The van der Waals surface area contributed by atoms with E-state index in [1.54, 1.807) is 6.08 Å². The number of hydrogen-bond acceptors (Lipinski definition) is 2. The molecule has 0 saturated heterocycles. The fourth-order valence-electron chi connectivity index (χ4n) is 2.74. The number of amides is 1. The predicted molar refractivity (Wildman–Crippen MR) is 76.6 cm³/mol. The number of benzene rings is 1. The lowest BCUT2D eigenvalue weighted by molar-refractivity contribution is -0.121. The van der Waals surface area contributed by atoms with Crippen molar-refractivity contribution in [3.8, 4) is 0 Å². The average molecular weight is 291 g/mol. The average Bonchev–Trinajstić information content (AvgIpc) is 2.87. The molecule has 0 radical (unpaired) electrons. The third kappa shape index (κ3) is 3.48. The molecule has 0 atom stereocenters. The van der Waals surface area contributed by atoms with Crippen LogP contribution in [0, 0.1) is 5.82 Å². The van der Waals surface area contributed by atoms with E-state index in [9.17, 15) is 14.0 Å². The second-order valence-corrected chi connectivity index (χ2v) is 5.41. The van der Waals surface area contributed by atoms with Crippen LogP contribution in [0.15, 0.2) is 30.9 Å². The minimum atomic E-state index is -1.32. The van der Waals surface area contributed by atoms with Gasteiger partial charge >= 0.3 is 5.97 Å². The lowest BCUT2D eigenvalue weighted by Gasteiger charge is -2.26. The zero-order chi connectivity index (χ0) is 15.5. The maximum atomic E-state index is 13.6. The summed E-state index contributed by atoms with van der Waals surface area (Å²) >= 11 is 0. The van der Waals surface area contributed by atoms with Gasteiger partial charge < -0.3 is 10.4 Å². The molecule has 0 aliphatic heterocycles. The fraction of sp³-hybridized carbons (Fsp3) is 0.375. The van der Waals surface area contributed by atoms with E-state index >= 15 is 0 Å². The summed E-state index contributed by atoms with van der Waals surface area (Å²) in [5, 5.41) is 11.7. The highest BCUT2D eigenvalue weighted by Gasteiger charge is 2.31. The monoisotopic (exact) mass is 291 g/mol. The molecule has 0 heterocycles. The molecular weight excluding hydrogens is 273 g/mol. The SMILES string of the molecule is C=CC1(NC(=O)Cc2ccc(C(=O)O)c(F)c2)CCCC1. The number of hydrogen-bond donors (Lipinski definition) is 2. The molecule has 1 aromatic carbocycles. The molecule has 1 aromatic rings. The van der Waals surface area contributed by atoms with E-state index in [2.05, 4.69) is 11.9 Å². The van der Waals surface area contributed by atoms with Gasteiger partial charge in [0, 0.05) is 0 Å². The van der Waals surface area contributed by atoms with Gasteiger partial charge in [-0.15, -0.1) is 6.58 Å². The fourth-order valence-corrected chi connectivity index (χ4v) is 2.74. The smallest absolute Gasteiger partial charge is 0.338 e. The van der Waals surface area contributed by atoms with E-state index in [0.717, 1.165) is 31.7 Å². The van der Waals surface area contributed by atoms with Crippen LogP contribution < -0.4 is 5.32 Å². The molecule has 1 aliphatic carbocycles. The van der Waals surface area contributed by atoms with Crippen molar-refractivity contribution in [2.45, 2.75) is 37.6 Å². The van der Waals surface area contributed by atoms with Crippen LogP contribution in [0.1, 0.15) is 41.6 Å². The van der Waals surface area contributed by atoms with Crippen LogP contribution in [0.3, 0.4) is 0 Å². The van der Waals surface area contributed by atoms with E-state index in [4.69, 9.17) is 5.11 Å². The van der Waals surface area contributed by atoms with Crippen LogP contribution in [-0.2, 0) is 11.2 Å². The Hall–Kier alpha value is -2.17. The highest BCUT2D eigenvalue weighted by Crippen LogP contribution is 2.30. The molecule has 0 spiro atoms. The Kier molecular flexibility index (Phi) is 4.40. The van der Waals surface area contributed by atoms with Gasteiger partial charge in [0.05, 0.1) is 17.5 Å². The summed E-state index contributed by atoms with van der Waals surface area (Å²) in [7, 11) is 0. The lowest BCUT2D eigenvalue weighted by atomic mass is 9.97. The molecule has 0 aromatic heterocycles. The predicted octanol–water partition coefficient (Wildman–Crippen LogP) is 2.68. The Balaban J connectivity index is 2.04. The molecule has 2 N–H and O–H groups in total. The molecule has 2 rings (SSSR count). The van der Waals surface area contributed by atoms with E-state index in [-0.39, 0.29) is 17.9 Å². The minimum absolute atomic E-state index is 0.0202. The molecular formula is C16H18FNO3. The Bertz CT molecular complexity index is 577. The first kappa shape index (κ1) is 15.2. The van der Waals surface area contributed by atoms with Crippen molar-refractivity contribution in [2.24, 2.45) is 0 Å². The van der Waals surface area contributed by atoms with E-state index < -0.39 is 17.3 Å². The number of carbonyl (C=O) groups excluding carboxylic acids is 1. The van der Waals surface area contributed by atoms with Crippen molar-refractivity contribution < 1.29 is 19.1 Å². The molecule has 0 unspecified atom stereocenters. The summed E-state index contributed by atoms with van der Waals surface area (Å²) in [6, 6.07) is 3.73. The van der Waals surface area contributed by atoms with Crippen molar-refractivity contribution >= 4 is 11.9 Å². The zero-order valence-electron chi connectivity index (χ0n) is 11.7. The van der Waals surface area contributed by atoms with Crippen molar-refractivity contribution in [2.75, 3.05) is 0 Å². The van der Waals surface area contributed by atoms with E-state index in [0.29, 0.717) is 5.56 Å². The number of rotatable bonds is 5. The van der Waals surface area contributed by atoms with Crippen molar-refractivity contribution in [1.82, 2.24) is 5.32 Å². The highest BCUT2D eigenvalue weighted by atomic mass is 19.1. The molecule has 112 valence electrons. The van der Waals surface area contributed by atoms with Gasteiger partial charge in [0.15, 0.2) is 0 Å². The molecule has 1 fully saturated rings. The van der Waals surface area contributed by atoms with Gasteiger partial charge in [-0.1, -0.05) is 25.0 Å². The van der Waals surface area contributed by atoms with E-state index in [1.165, 1.54) is 12.1 Å². The largest absolute Gasteiger partial charge is 0.478 e. The Morgan fingerprint density at radius 3 is 2.57 bits per heavy atom. The molecule has 21 heavy (non-hydrogen) atoms. The minimum Gasteiger partial charge on any atom is -0.478 e. The molecule has 1 saturated carbocycles. The van der Waals surface area contributed by atoms with E-state index in [1.807, 2.05) is 0 Å². The third-order valence-electron chi connectivity index (χ3n) is 3.90. The molecule has 0 bridgehead atoms. The van der Waals surface area contributed by atoms with Crippen LogP contribution in [-0.4, -0.2) is 22.5 Å². The molecule has 1 amide bonds. The van der Waals surface area contributed by atoms with Gasteiger partial charge in [0.1, 0.15) is 5.82 Å². The topological polar surface area (TPSA) is 66.4 Å². The zero-order valence-corrected chi connectivity index (χ0v) is 11.7. The lowest BCUT2D eigenvalue weighted by Crippen LogP contribution is -2.45. The molecule has 1 aliphatic rings. The van der Waals surface area contributed by atoms with Gasteiger partial charge in [-0.25, -0.2) is 9.18 Å². The standard InChI is InChI=1S/C16H18FNO3/c1-2-16(7-3-4-8-16)18-14(19)10-11-5-6-12(15(20)21)13(17)9-11/h2,5-6,9H,1,3-4,7-8,10H2,(H,18,19)(H,20,21). The van der Waals surface area contributed by atoms with Gasteiger partial charge in [-0.2, -0.15) is 0 Å². The number of halogens is 1. The maximum absolute atomic E-state index is 13.6. The van der Waals surface area contributed by atoms with Gasteiger partial charge in [0.25, 0.3) is 0 Å². The van der Waals surface area contributed by atoms with Gasteiger partial charge in [-0.3, -0.25) is 4.79 Å². The summed E-state index contributed by atoms with van der Waals surface area (Å²) in [5.74, 6) is -2.36. The number of carboxylic acid groups (broad SMARTS) is 1. The number of carboxylic acids is 1. The van der Waals surface area contributed by atoms with Crippen molar-refractivity contribution in [3.05, 3.63) is 47.8 Å². The number of carbonyl (C=O) groups is 2. The number of nitrogens with one attached hydrogen (secondary N) is 1. The third-order valence-corrected chi connectivity index (χ3v) is 3.90. The second-order valence-electron chi connectivity index (χ2n) is 5.41. The van der Waals surface area contributed by atoms with Crippen LogP contribution in [0.2, 0.25) is 0 Å². The van der Waals surface area contributed by atoms with Crippen LogP contribution >= 0.6 is 0 Å². The summed E-state index contributed by atoms with van der Waals surface area (Å²) in [6.07, 6.45) is 5.63. The van der Waals surface area contributed by atoms with Crippen LogP contribution in [0.25, 0.3) is 0 Å². The Morgan fingerprint density at radius 2 is 2.05 bits per heavy atom. The van der Waals surface area contributed by atoms with Crippen LogP contribution in [0.4, 0.5) is 4.39 Å². The quantitative estimate of drug-likeness (QED) is 0.820. The maximum Gasteiger partial charge on any atom is 0.338 e. The van der Waals surface area contributed by atoms with Crippen LogP contribution in [0.5, 0.6) is 0 Å².